The number of hydrogen-bond acceptors (Lipinski definition) is 2. The summed E-state index contributed by atoms with van der Waals surface area (Å²) in [4.78, 5) is 0. The lowest BCUT2D eigenvalue weighted by Crippen LogP contribution is -2.34. The first-order valence-corrected chi connectivity index (χ1v) is 7.46. The third-order valence-electron chi connectivity index (χ3n) is 3.88. The maximum absolute atomic E-state index is 7.67. The maximum Gasteiger partial charge on any atom is 0.132 e. The number of hydrogen-bond donors (Lipinski definition) is 2. The Morgan fingerprint density at radius 1 is 1.40 bits per heavy atom. The molecule has 0 aromatic heterocycles. The highest BCUT2D eigenvalue weighted by Gasteiger charge is 2.33. The Hall–Kier alpha value is -1.22. The first-order chi connectivity index (χ1) is 9.28. The van der Waals surface area contributed by atoms with Gasteiger partial charge in [0.15, 0.2) is 0 Å². The van der Waals surface area contributed by atoms with E-state index in [-0.39, 0.29) is 17.4 Å². The van der Waals surface area contributed by atoms with E-state index in [0.29, 0.717) is 22.3 Å². The summed E-state index contributed by atoms with van der Waals surface area (Å²) in [6.07, 6.45) is 3.43. The van der Waals surface area contributed by atoms with E-state index in [1.807, 2.05) is 12.1 Å². The Morgan fingerprint density at radius 3 is 2.70 bits per heavy atom. The van der Waals surface area contributed by atoms with Gasteiger partial charge in [0.2, 0.25) is 0 Å². The fourth-order valence-electron chi connectivity index (χ4n) is 3.39. The minimum Gasteiger partial charge on any atom is -0.490 e. The van der Waals surface area contributed by atoms with Gasteiger partial charge in [-0.25, -0.2) is 0 Å². The molecule has 1 aromatic rings. The van der Waals surface area contributed by atoms with Crippen molar-refractivity contribution in [3.63, 3.8) is 0 Å². The monoisotopic (exact) mass is 294 g/mol. The van der Waals surface area contributed by atoms with E-state index in [9.17, 15) is 0 Å². The average Bonchev–Trinajstić information content (AvgIpc) is 2.25. The number of ether oxygens (including phenoxy) is 1. The van der Waals surface area contributed by atoms with Gasteiger partial charge in [-0.05, 0) is 42.7 Å². The SMILES string of the molecule is CC1CC(Oc2cccc(Cl)c2C(=N)N)CC(C)(C)C1. The highest BCUT2D eigenvalue weighted by molar-refractivity contribution is 6.34. The highest BCUT2D eigenvalue weighted by Crippen LogP contribution is 2.40. The van der Waals surface area contributed by atoms with Crippen LogP contribution in [0, 0.1) is 16.7 Å². The van der Waals surface area contributed by atoms with Crippen LogP contribution in [0.25, 0.3) is 0 Å². The molecule has 0 bridgehead atoms. The van der Waals surface area contributed by atoms with E-state index in [2.05, 4.69) is 20.8 Å². The summed E-state index contributed by atoms with van der Waals surface area (Å²) >= 11 is 6.13. The molecule has 2 rings (SSSR count). The van der Waals surface area contributed by atoms with Crippen LogP contribution in [0.3, 0.4) is 0 Å². The van der Waals surface area contributed by atoms with Crippen LogP contribution < -0.4 is 10.5 Å². The second-order valence-corrected chi connectivity index (χ2v) is 7.09. The van der Waals surface area contributed by atoms with Gasteiger partial charge in [-0.3, -0.25) is 5.41 Å². The molecule has 0 heterocycles. The molecule has 0 aliphatic heterocycles. The standard InChI is InChI=1S/C16H23ClN2O/c1-10-7-11(9-16(2,3)8-10)20-13-6-4-5-12(17)14(13)15(18)19/h4-6,10-11H,7-9H2,1-3H3,(H3,18,19). The number of halogens is 1. The van der Waals surface area contributed by atoms with Crippen LogP contribution >= 0.6 is 11.6 Å². The molecule has 1 aliphatic rings. The molecule has 3 nitrogen and oxygen atoms in total. The van der Waals surface area contributed by atoms with Gasteiger partial charge in [-0.2, -0.15) is 0 Å². The molecule has 0 amide bonds. The van der Waals surface area contributed by atoms with E-state index in [4.69, 9.17) is 27.5 Å². The number of nitrogens with one attached hydrogen (secondary N) is 1. The summed E-state index contributed by atoms with van der Waals surface area (Å²) in [5, 5.41) is 8.14. The molecule has 110 valence electrons. The quantitative estimate of drug-likeness (QED) is 0.648. The van der Waals surface area contributed by atoms with Crippen LogP contribution in [0.2, 0.25) is 5.02 Å². The minimum atomic E-state index is -0.0475. The smallest absolute Gasteiger partial charge is 0.132 e. The first kappa shape index (κ1) is 15.2. The van der Waals surface area contributed by atoms with E-state index in [1.54, 1.807) is 6.07 Å². The maximum atomic E-state index is 7.67. The van der Waals surface area contributed by atoms with Crippen molar-refractivity contribution in [2.45, 2.75) is 46.1 Å². The third-order valence-corrected chi connectivity index (χ3v) is 4.20. The van der Waals surface area contributed by atoms with Crippen LogP contribution in [0.5, 0.6) is 5.75 Å². The van der Waals surface area contributed by atoms with Crippen molar-refractivity contribution in [3.8, 4) is 5.75 Å². The highest BCUT2D eigenvalue weighted by atomic mass is 35.5. The van der Waals surface area contributed by atoms with E-state index >= 15 is 0 Å². The molecule has 0 radical (unpaired) electrons. The van der Waals surface area contributed by atoms with Crippen molar-refractivity contribution in [3.05, 3.63) is 28.8 Å². The number of benzene rings is 1. The van der Waals surface area contributed by atoms with Crippen molar-refractivity contribution < 1.29 is 4.74 Å². The molecular formula is C16H23ClN2O. The van der Waals surface area contributed by atoms with Crippen molar-refractivity contribution in [2.75, 3.05) is 0 Å². The van der Waals surface area contributed by atoms with Gasteiger partial charge in [0.05, 0.1) is 16.7 Å². The Balaban J connectivity index is 2.22. The number of rotatable bonds is 3. The van der Waals surface area contributed by atoms with Crippen molar-refractivity contribution in [1.82, 2.24) is 0 Å². The molecule has 0 spiro atoms. The minimum absolute atomic E-state index is 0.0475. The zero-order chi connectivity index (χ0) is 14.9. The molecule has 1 fully saturated rings. The molecule has 3 N–H and O–H groups in total. The van der Waals surface area contributed by atoms with Gasteiger partial charge in [-0.15, -0.1) is 0 Å². The molecule has 2 unspecified atom stereocenters. The molecule has 4 heteroatoms. The topological polar surface area (TPSA) is 59.1 Å². The fourth-order valence-corrected chi connectivity index (χ4v) is 3.66. The summed E-state index contributed by atoms with van der Waals surface area (Å²) in [5.74, 6) is 1.22. The average molecular weight is 295 g/mol. The van der Waals surface area contributed by atoms with Gasteiger partial charge in [0.1, 0.15) is 11.6 Å². The molecule has 1 aliphatic carbocycles. The van der Waals surface area contributed by atoms with Gasteiger partial charge < -0.3 is 10.5 Å². The number of amidine groups is 1. The van der Waals surface area contributed by atoms with Gasteiger partial charge in [0, 0.05) is 0 Å². The molecule has 2 atom stereocenters. The molecule has 0 saturated heterocycles. The molecule has 20 heavy (non-hydrogen) atoms. The summed E-state index contributed by atoms with van der Waals surface area (Å²) in [6.45, 7) is 6.83. The van der Waals surface area contributed by atoms with Crippen LogP contribution in [0.4, 0.5) is 0 Å². The lowest BCUT2D eigenvalue weighted by molar-refractivity contribution is 0.0561. The zero-order valence-corrected chi connectivity index (χ0v) is 13.1. The summed E-state index contributed by atoms with van der Waals surface area (Å²) in [7, 11) is 0. The van der Waals surface area contributed by atoms with Crippen molar-refractivity contribution >= 4 is 17.4 Å². The van der Waals surface area contributed by atoms with Crippen LogP contribution in [-0.2, 0) is 0 Å². The molecule has 1 saturated carbocycles. The fraction of sp³-hybridized carbons (Fsp3) is 0.562. The van der Waals surface area contributed by atoms with Gasteiger partial charge in [-0.1, -0.05) is 38.4 Å². The molecular weight excluding hydrogens is 272 g/mol. The summed E-state index contributed by atoms with van der Waals surface area (Å²) in [5.41, 5.74) is 6.41. The predicted octanol–water partition coefficient (Wildman–Crippen LogP) is 4.22. The Kier molecular flexibility index (Phi) is 4.28. The normalized spacial score (nSPS) is 25.2. The second kappa shape index (κ2) is 5.65. The van der Waals surface area contributed by atoms with Crippen molar-refractivity contribution in [2.24, 2.45) is 17.1 Å². The lowest BCUT2D eigenvalue weighted by Gasteiger charge is -2.39. The first-order valence-electron chi connectivity index (χ1n) is 7.08. The molecule has 1 aromatic carbocycles. The Bertz CT molecular complexity index is 513. The summed E-state index contributed by atoms with van der Waals surface area (Å²) < 4.78 is 6.13. The summed E-state index contributed by atoms with van der Waals surface area (Å²) in [6, 6.07) is 5.41. The van der Waals surface area contributed by atoms with Gasteiger partial charge in [0.25, 0.3) is 0 Å². The zero-order valence-electron chi connectivity index (χ0n) is 12.4. The van der Waals surface area contributed by atoms with Crippen LogP contribution in [-0.4, -0.2) is 11.9 Å². The Morgan fingerprint density at radius 2 is 2.10 bits per heavy atom. The Labute approximate surface area is 126 Å². The van der Waals surface area contributed by atoms with Crippen molar-refractivity contribution in [1.29, 1.82) is 5.41 Å². The largest absolute Gasteiger partial charge is 0.490 e. The second-order valence-electron chi connectivity index (χ2n) is 6.68. The lowest BCUT2D eigenvalue weighted by atomic mass is 9.71. The predicted molar refractivity (Wildman–Crippen MR) is 83.7 cm³/mol. The van der Waals surface area contributed by atoms with E-state index < -0.39 is 0 Å². The van der Waals surface area contributed by atoms with Gasteiger partial charge >= 0.3 is 0 Å². The number of nitrogen functional groups attached to an aromatic ring is 1. The van der Waals surface area contributed by atoms with Crippen LogP contribution in [0.1, 0.15) is 45.6 Å². The number of nitrogens with two attached hydrogens (primary N) is 1. The third kappa shape index (κ3) is 3.45. The van der Waals surface area contributed by atoms with E-state index in [1.165, 1.54) is 6.42 Å². The van der Waals surface area contributed by atoms with Crippen LogP contribution in [0.15, 0.2) is 18.2 Å². The van der Waals surface area contributed by atoms with E-state index in [0.717, 1.165) is 12.8 Å².